The Morgan fingerprint density at radius 3 is 1.09 bits per heavy atom. The van der Waals surface area contributed by atoms with Crippen molar-refractivity contribution in [3.8, 4) is 34.1 Å². The summed E-state index contributed by atoms with van der Waals surface area (Å²) in [6, 6.07) is 94.0. The molecule has 0 bridgehead atoms. The molecule has 446 valence electrons. The number of nitrogens with one attached hydrogen (secondary N) is 3. The molecule has 5 aromatic heterocycles. The van der Waals surface area contributed by atoms with E-state index in [1.54, 1.807) is 56.2 Å². The molecular weight excluding hydrogens is 1160 g/mol. The highest BCUT2D eigenvalue weighted by Crippen LogP contribution is 2.33. The first-order valence-electron chi connectivity index (χ1n) is 30.1. The molecule has 0 spiro atoms. The summed E-state index contributed by atoms with van der Waals surface area (Å²) in [6.45, 7) is 0. The highest BCUT2D eigenvalue weighted by Gasteiger charge is 2.22. The summed E-state index contributed by atoms with van der Waals surface area (Å²) in [5.41, 5.74) is 8.63. The topological polar surface area (TPSA) is 176 Å². The van der Waals surface area contributed by atoms with Gasteiger partial charge >= 0.3 is 17.1 Å². The lowest BCUT2D eigenvalue weighted by Crippen LogP contribution is -2.38. The minimum Gasteiger partial charge on any atom is -0.356 e. The third-order valence-corrected chi connectivity index (χ3v) is 16.6. The summed E-state index contributed by atoms with van der Waals surface area (Å²) in [5.74, 6) is 0. The summed E-state index contributed by atoms with van der Waals surface area (Å²) in [7, 11) is 0. The van der Waals surface area contributed by atoms with Crippen LogP contribution in [-0.2, 0) is 0 Å². The lowest BCUT2D eigenvalue weighted by Gasteiger charge is -2.15. The molecule has 0 atom stereocenters. The van der Waals surface area contributed by atoms with Gasteiger partial charge in [0.15, 0.2) is 0 Å². The number of hydrogen-bond donors (Lipinski definition) is 3. The SMILES string of the molecule is O=c1c2c3c(ccc2n(-c2ccccc2)c(=O)n1-c1ccccc1)[nH]c1ccccc13.O=c1c2cc(Nc3ccccc3)ccc2n(-c2ccccc2)c(=O)n1-c1ccccc1.O=c1c2cc3[nH]c4ccccc4c3cc2n(-c2ccccc2)c(=O)n1-c1ccccc1. The van der Waals surface area contributed by atoms with Crippen LogP contribution in [-0.4, -0.2) is 37.4 Å². The maximum absolute atomic E-state index is 13.8. The third-order valence-electron chi connectivity index (χ3n) is 16.6. The molecule has 0 saturated carbocycles. The highest BCUT2D eigenvalue weighted by atomic mass is 16.2. The molecule has 15 nitrogen and oxygen atoms in total. The molecule has 0 amide bonds. The average Bonchev–Trinajstić information content (AvgIpc) is 1.73. The van der Waals surface area contributed by atoms with Gasteiger partial charge in [0, 0.05) is 55.0 Å². The lowest BCUT2D eigenvalue weighted by atomic mass is 10.1. The molecule has 17 rings (SSSR count). The van der Waals surface area contributed by atoms with Crippen LogP contribution in [0.3, 0.4) is 0 Å². The Balaban J connectivity index is 0.000000115. The molecule has 0 aliphatic carbocycles. The molecule has 12 aromatic carbocycles. The predicted octanol–water partition coefficient (Wildman–Crippen LogP) is 14.4. The van der Waals surface area contributed by atoms with E-state index in [2.05, 4.69) is 15.3 Å². The van der Waals surface area contributed by atoms with Gasteiger partial charge in [-0.1, -0.05) is 164 Å². The maximum atomic E-state index is 13.8. The number of aromatic nitrogens is 8. The Labute approximate surface area is 527 Å². The van der Waals surface area contributed by atoms with E-state index < -0.39 is 17.1 Å². The fourth-order valence-electron chi connectivity index (χ4n) is 12.4. The largest absolute Gasteiger partial charge is 0.356 e. The van der Waals surface area contributed by atoms with Gasteiger partial charge in [0.1, 0.15) is 0 Å². The molecular formula is C78H53N9O6. The number of nitrogens with zero attached hydrogens (tertiary/aromatic N) is 6. The standard InChI is InChI=1S/2C26H17N3O2.C26H19N3O2/c30-25-21-15-23-20(19-13-7-8-14-22(19)27-23)16-24(21)28(17-9-3-1-4-10-17)26(31)29(25)18-11-5-2-6-12-18;30-25-24-22(16-15-21-23(24)19-13-7-8-14-20(19)27-21)28(17-9-3-1-4-10-17)26(31)29(25)18-11-5-2-6-12-18;30-25-23-18-20(27-19-10-4-1-5-11-19)16-17-24(23)28(21-12-6-2-7-13-21)26(31)29(25)22-14-8-3-9-15-22/h2*1-16,27H;1-18,27H. The van der Waals surface area contributed by atoms with Crippen molar-refractivity contribution < 1.29 is 0 Å². The predicted molar refractivity (Wildman–Crippen MR) is 374 cm³/mol. The molecule has 3 N–H and O–H groups in total. The number of hydrogen-bond acceptors (Lipinski definition) is 7. The van der Waals surface area contributed by atoms with Crippen molar-refractivity contribution in [2.24, 2.45) is 0 Å². The maximum Gasteiger partial charge on any atom is 0.340 e. The highest BCUT2D eigenvalue weighted by molar-refractivity contribution is 6.19. The van der Waals surface area contributed by atoms with E-state index in [1.165, 1.54) is 13.7 Å². The number of fused-ring (bicyclic) bond motifs is 10. The summed E-state index contributed by atoms with van der Waals surface area (Å²) < 4.78 is 8.54. The van der Waals surface area contributed by atoms with Gasteiger partial charge in [0.05, 0.1) is 66.8 Å². The van der Waals surface area contributed by atoms with Crippen LogP contribution in [0.2, 0.25) is 0 Å². The van der Waals surface area contributed by atoms with Crippen molar-refractivity contribution in [2.75, 3.05) is 5.32 Å². The Morgan fingerprint density at radius 2 is 0.591 bits per heavy atom. The smallest absolute Gasteiger partial charge is 0.340 e. The first kappa shape index (κ1) is 56.4. The number of aromatic amines is 2. The number of rotatable bonds is 8. The molecule has 17 aromatic rings. The minimum atomic E-state index is -0.404. The van der Waals surface area contributed by atoms with E-state index in [4.69, 9.17) is 0 Å². The van der Waals surface area contributed by atoms with Crippen LogP contribution in [0.25, 0.3) is 110 Å². The normalized spacial score (nSPS) is 11.3. The third kappa shape index (κ3) is 10.1. The van der Waals surface area contributed by atoms with Gasteiger partial charge < -0.3 is 15.3 Å². The summed E-state index contributed by atoms with van der Waals surface area (Å²) in [6.07, 6.45) is 0. The first-order chi connectivity index (χ1) is 45.7. The quantitative estimate of drug-likeness (QED) is 0.136. The van der Waals surface area contributed by atoms with Crippen molar-refractivity contribution in [3.05, 3.63) is 366 Å². The molecule has 0 saturated heterocycles. The fraction of sp³-hybridized carbons (Fsp3) is 0. The van der Waals surface area contributed by atoms with Gasteiger partial charge in [0.2, 0.25) is 0 Å². The second-order valence-corrected chi connectivity index (χ2v) is 22.2. The van der Waals surface area contributed by atoms with E-state index >= 15 is 0 Å². The lowest BCUT2D eigenvalue weighted by molar-refractivity contribution is 0.835. The van der Waals surface area contributed by atoms with Gasteiger partial charge in [-0.2, -0.15) is 0 Å². The van der Waals surface area contributed by atoms with Gasteiger partial charge in [-0.3, -0.25) is 28.1 Å². The Bertz CT molecular complexity index is 6020. The zero-order chi connectivity index (χ0) is 63.1. The monoisotopic (exact) mass is 1210 g/mol. The molecule has 93 heavy (non-hydrogen) atoms. The minimum absolute atomic E-state index is 0.325. The zero-order valence-corrected chi connectivity index (χ0v) is 49.5. The molecule has 0 radical (unpaired) electrons. The van der Waals surface area contributed by atoms with E-state index in [0.29, 0.717) is 66.8 Å². The van der Waals surface area contributed by atoms with Crippen molar-refractivity contribution in [2.45, 2.75) is 0 Å². The Kier molecular flexibility index (Phi) is 14.4. The van der Waals surface area contributed by atoms with Crippen LogP contribution >= 0.6 is 0 Å². The van der Waals surface area contributed by atoms with Gasteiger partial charge in [0.25, 0.3) is 16.7 Å². The summed E-state index contributed by atoms with van der Waals surface area (Å²) >= 11 is 0. The molecule has 15 heteroatoms. The van der Waals surface area contributed by atoms with Crippen LogP contribution in [0.1, 0.15) is 0 Å². The van der Waals surface area contributed by atoms with Gasteiger partial charge in [-0.25, -0.2) is 28.1 Å². The fourth-order valence-corrected chi connectivity index (χ4v) is 12.4. The Morgan fingerprint density at radius 1 is 0.226 bits per heavy atom. The van der Waals surface area contributed by atoms with Crippen LogP contribution in [0.4, 0.5) is 11.4 Å². The first-order valence-corrected chi connectivity index (χ1v) is 30.1. The van der Waals surface area contributed by atoms with Crippen LogP contribution in [0.15, 0.2) is 332 Å². The van der Waals surface area contributed by atoms with Gasteiger partial charge in [-0.05, 0) is 140 Å². The molecule has 0 fully saturated rings. The van der Waals surface area contributed by atoms with E-state index in [1.807, 2.05) is 261 Å². The molecule has 0 unspecified atom stereocenters. The van der Waals surface area contributed by atoms with E-state index in [-0.39, 0.29) is 16.7 Å². The number of H-pyrrole nitrogens is 2. The van der Waals surface area contributed by atoms with Crippen molar-refractivity contribution in [1.82, 2.24) is 37.4 Å². The van der Waals surface area contributed by atoms with Crippen molar-refractivity contribution in [3.63, 3.8) is 0 Å². The number of benzene rings is 12. The number of anilines is 2. The number of para-hydroxylation sites is 9. The zero-order valence-electron chi connectivity index (χ0n) is 49.5. The summed E-state index contributed by atoms with van der Waals surface area (Å²) in [5, 5.41) is 8.58. The summed E-state index contributed by atoms with van der Waals surface area (Å²) in [4.78, 5) is 88.4. The molecule has 5 heterocycles. The van der Waals surface area contributed by atoms with Crippen molar-refractivity contribution >= 4 is 87.7 Å². The average molecular weight is 1210 g/mol. The van der Waals surface area contributed by atoms with Crippen LogP contribution in [0, 0.1) is 0 Å². The van der Waals surface area contributed by atoms with Gasteiger partial charge in [-0.15, -0.1) is 0 Å². The Hall–Kier alpha value is -13.1. The van der Waals surface area contributed by atoms with E-state index in [9.17, 15) is 28.8 Å². The molecule has 0 aliphatic heterocycles. The van der Waals surface area contributed by atoms with Crippen LogP contribution < -0.4 is 39.1 Å². The van der Waals surface area contributed by atoms with Crippen LogP contribution in [0.5, 0.6) is 0 Å². The van der Waals surface area contributed by atoms with E-state index in [0.717, 1.165) is 55.0 Å². The second-order valence-electron chi connectivity index (χ2n) is 22.2. The molecule has 0 aliphatic rings. The second kappa shape index (κ2) is 23.8. The van der Waals surface area contributed by atoms with Crippen molar-refractivity contribution in [1.29, 1.82) is 0 Å².